The van der Waals surface area contributed by atoms with E-state index in [4.69, 9.17) is 0 Å². The van der Waals surface area contributed by atoms with E-state index in [1.54, 1.807) is 0 Å². The summed E-state index contributed by atoms with van der Waals surface area (Å²) in [4.78, 5) is 28.3. The molecule has 2 aromatic rings. The Kier molecular flexibility index (Phi) is 3.88. The van der Waals surface area contributed by atoms with Crippen LogP contribution < -0.4 is 10.3 Å². The van der Waals surface area contributed by atoms with Crippen molar-refractivity contribution in [1.82, 2.24) is 15.2 Å². The molecule has 1 aromatic heterocycles. The number of aromatic nitrogens is 3. The zero-order valence-corrected chi connectivity index (χ0v) is 12.8. The first-order chi connectivity index (χ1) is 11.0. The largest absolute Gasteiger partial charge is 0.290 e. The molecule has 118 valence electrons. The van der Waals surface area contributed by atoms with Crippen LogP contribution in [0.2, 0.25) is 0 Å². The predicted molar refractivity (Wildman–Crippen MR) is 85.1 cm³/mol. The van der Waals surface area contributed by atoms with Gasteiger partial charge in [0.15, 0.2) is 0 Å². The third kappa shape index (κ3) is 3.10. The fourth-order valence-electron chi connectivity index (χ4n) is 2.30. The molecule has 8 heteroatoms. The molecule has 0 atom stereocenters. The third-order valence-electron chi connectivity index (χ3n) is 3.53. The lowest BCUT2D eigenvalue weighted by Crippen LogP contribution is -2.36. The average molecular weight is 312 g/mol. The van der Waals surface area contributed by atoms with Gasteiger partial charge in [0.05, 0.1) is 5.69 Å². The van der Waals surface area contributed by atoms with Crippen LogP contribution in [0.5, 0.6) is 0 Å². The van der Waals surface area contributed by atoms with Crippen LogP contribution in [0.4, 0.5) is 11.6 Å². The monoisotopic (exact) mass is 312 g/mol. The minimum Gasteiger partial charge on any atom is -0.290 e. The van der Waals surface area contributed by atoms with Gasteiger partial charge >= 0.3 is 0 Å². The second-order valence-corrected chi connectivity index (χ2v) is 5.33. The number of nitrogens with one attached hydrogen (secondary N) is 2. The van der Waals surface area contributed by atoms with Crippen LogP contribution in [0.15, 0.2) is 29.6 Å². The van der Waals surface area contributed by atoms with E-state index in [0.29, 0.717) is 12.1 Å². The van der Waals surface area contributed by atoms with E-state index in [1.807, 2.05) is 32.0 Å². The van der Waals surface area contributed by atoms with Crippen molar-refractivity contribution in [2.75, 3.05) is 10.3 Å². The maximum Gasteiger partial charge on any atom is 0.274 e. The van der Waals surface area contributed by atoms with Crippen molar-refractivity contribution < 1.29 is 9.59 Å². The molecule has 0 saturated heterocycles. The van der Waals surface area contributed by atoms with E-state index in [1.165, 1.54) is 11.3 Å². The first kappa shape index (κ1) is 14.9. The van der Waals surface area contributed by atoms with E-state index in [-0.39, 0.29) is 24.0 Å². The number of anilines is 2. The van der Waals surface area contributed by atoms with Crippen LogP contribution in [0, 0.1) is 13.8 Å². The highest BCUT2D eigenvalue weighted by molar-refractivity contribution is 6.44. The van der Waals surface area contributed by atoms with E-state index in [9.17, 15) is 9.59 Å². The minimum absolute atomic E-state index is 0.130. The van der Waals surface area contributed by atoms with Gasteiger partial charge in [0, 0.05) is 12.8 Å². The first-order valence-electron chi connectivity index (χ1n) is 7.19. The number of hydrogen-bond acceptors (Lipinski definition) is 5. The number of carbonyl (C=O) groups is 2. The molecule has 2 N–H and O–H groups in total. The lowest BCUT2D eigenvalue weighted by molar-refractivity contribution is -0.118. The van der Waals surface area contributed by atoms with Crippen molar-refractivity contribution in [3.63, 3.8) is 0 Å². The lowest BCUT2D eigenvalue weighted by atomic mass is 10.1. The minimum atomic E-state index is -0.399. The Balaban J connectivity index is 1.89. The molecule has 0 fully saturated rings. The van der Waals surface area contributed by atoms with Crippen LogP contribution >= 0.6 is 0 Å². The van der Waals surface area contributed by atoms with Crippen molar-refractivity contribution >= 4 is 29.2 Å². The molecule has 0 aliphatic carbocycles. The number of aryl methyl sites for hydroxylation is 2. The summed E-state index contributed by atoms with van der Waals surface area (Å²) < 4.78 is 0. The van der Waals surface area contributed by atoms with E-state index >= 15 is 0 Å². The molecule has 3 rings (SSSR count). The van der Waals surface area contributed by atoms with Crippen LogP contribution in [-0.2, 0) is 9.59 Å². The summed E-state index contributed by atoms with van der Waals surface area (Å²) in [7, 11) is 0. The summed E-state index contributed by atoms with van der Waals surface area (Å²) in [6, 6.07) is 5.78. The number of carbonyl (C=O) groups excluding carboxylic acids is 2. The summed E-state index contributed by atoms with van der Waals surface area (Å²) >= 11 is 0. The highest BCUT2D eigenvalue weighted by Gasteiger charge is 2.26. The quantitative estimate of drug-likeness (QED) is 0.897. The second-order valence-electron chi connectivity index (χ2n) is 5.33. The Morgan fingerprint density at radius 1 is 1.30 bits per heavy atom. The number of amides is 2. The molecule has 0 saturated carbocycles. The molecule has 1 aliphatic heterocycles. The molecule has 23 heavy (non-hydrogen) atoms. The van der Waals surface area contributed by atoms with Crippen molar-refractivity contribution in [1.29, 1.82) is 0 Å². The standard InChI is InChI=1S/C15H16N6O2/c1-9-3-4-10(2)12(7-9)21-13(22)6-5-11(20-21)14(23)18-15-16-8-17-19-15/h3-4,7-8H,5-6H2,1-2H3,(H2,16,17,18,19,23). The molecule has 1 aliphatic rings. The molecule has 8 nitrogen and oxygen atoms in total. The number of benzene rings is 1. The van der Waals surface area contributed by atoms with Gasteiger partial charge in [-0.05, 0) is 31.0 Å². The van der Waals surface area contributed by atoms with Gasteiger partial charge < -0.3 is 0 Å². The van der Waals surface area contributed by atoms with Gasteiger partial charge in [-0.15, -0.1) is 0 Å². The number of hydrazone groups is 1. The highest BCUT2D eigenvalue weighted by Crippen LogP contribution is 2.25. The number of H-pyrrole nitrogens is 1. The Hall–Kier alpha value is -3.03. The number of rotatable bonds is 3. The normalized spacial score (nSPS) is 14.6. The van der Waals surface area contributed by atoms with Gasteiger partial charge in [0.25, 0.3) is 5.91 Å². The molecule has 2 amide bonds. The summed E-state index contributed by atoms with van der Waals surface area (Å²) in [6.45, 7) is 3.85. The van der Waals surface area contributed by atoms with Crippen LogP contribution in [0.25, 0.3) is 0 Å². The summed E-state index contributed by atoms with van der Waals surface area (Å²) in [6.07, 6.45) is 1.82. The molecule has 0 radical (unpaired) electrons. The van der Waals surface area contributed by atoms with Crippen molar-refractivity contribution in [2.45, 2.75) is 26.7 Å². The van der Waals surface area contributed by atoms with E-state index in [0.717, 1.165) is 11.1 Å². The molecule has 1 aromatic carbocycles. The lowest BCUT2D eigenvalue weighted by Gasteiger charge is -2.24. The molecular weight excluding hydrogens is 296 g/mol. The molecule has 0 bridgehead atoms. The Morgan fingerprint density at radius 3 is 2.87 bits per heavy atom. The van der Waals surface area contributed by atoms with Crippen LogP contribution in [0.3, 0.4) is 0 Å². The molecular formula is C15H16N6O2. The van der Waals surface area contributed by atoms with Gasteiger partial charge in [-0.1, -0.05) is 12.1 Å². The number of aromatic amines is 1. The number of nitrogens with zero attached hydrogens (tertiary/aromatic N) is 4. The third-order valence-corrected chi connectivity index (χ3v) is 3.53. The second kappa shape index (κ2) is 5.99. The summed E-state index contributed by atoms with van der Waals surface area (Å²) in [5, 5.41) is 14.3. The van der Waals surface area contributed by atoms with E-state index < -0.39 is 5.91 Å². The van der Waals surface area contributed by atoms with Crippen LogP contribution in [0.1, 0.15) is 24.0 Å². The average Bonchev–Trinajstić information content (AvgIpc) is 3.03. The molecule has 2 heterocycles. The first-order valence-corrected chi connectivity index (χ1v) is 7.19. The van der Waals surface area contributed by atoms with Gasteiger partial charge in [0.2, 0.25) is 11.9 Å². The van der Waals surface area contributed by atoms with Gasteiger partial charge in [-0.3, -0.25) is 14.9 Å². The van der Waals surface area contributed by atoms with Crippen LogP contribution in [-0.4, -0.2) is 32.7 Å². The Bertz CT molecular complexity index is 781. The van der Waals surface area contributed by atoms with Crippen molar-refractivity contribution in [3.05, 3.63) is 35.7 Å². The number of hydrogen-bond donors (Lipinski definition) is 2. The van der Waals surface area contributed by atoms with E-state index in [2.05, 4.69) is 25.6 Å². The maximum absolute atomic E-state index is 12.2. The summed E-state index contributed by atoms with van der Waals surface area (Å²) in [5.41, 5.74) is 2.91. The molecule has 0 spiro atoms. The maximum atomic E-state index is 12.2. The summed E-state index contributed by atoms with van der Waals surface area (Å²) in [5.74, 6) is -0.285. The van der Waals surface area contributed by atoms with Gasteiger partial charge in [-0.2, -0.15) is 15.2 Å². The van der Waals surface area contributed by atoms with Crippen molar-refractivity contribution in [3.8, 4) is 0 Å². The zero-order chi connectivity index (χ0) is 16.4. The zero-order valence-electron chi connectivity index (χ0n) is 12.8. The fourth-order valence-corrected chi connectivity index (χ4v) is 2.30. The Morgan fingerprint density at radius 2 is 2.13 bits per heavy atom. The van der Waals surface area contributed by atoms with Gasteiger partial charge in [0.1, 0.15) is 12.0 Å². The smallest absolute Gasteiger partial charge is 0.274 e. The molecule has 0 unspecified atom stereocenters. The van der Waals surface area contributed by atoms with Gasteiger partial charge in [-0.25, -0.2) is 10.1 Å². The topological polar surface area (TPSA) is 103 Å². The predicted octanol–water partition coefficient (Wildman–Crippen LogP) is 1.54. The highest BCUT2D eigenvalue weighted by atomic mass is 16.2. The fraction of sp³-hybridized carbons (Fsp3) is 0.267. The SMILES string of the molecule is Cc1ccc(C)c(N2N=C(C(=O)Nc3ncn[nH]3)CCC2=O)c1. The Labute approximate surface area is 132 Å². The van der Waals surface area contributed by atoms with Crippen molar-refractivity contribution in [2.24, 2.45) is 5.10 Å².